The molecular formula is C11H18N4O2S3. The van der Waals surface area contributed by atoms with Gasteiger partial charge in [-0.1, -0.05) is 41.8 Å². The Kier molecular flexibility index (Phi) is 7.93. The molecule has 1 aromatic rings. The van der Waals surface area contributed by atoms with E-state index in [2.05, 4.69) is 20.8 Å². The lowest BCUT2D eigenvalue weighted by Crippen LogP contribution is -2.27. The second-order valence-corrected chi connectivity index (χ2v) is 7.63. The van der Waals surface area contributed by atoms with Gasteiger partial charge < -0.3 is 10.6 Å². The maximum absolute atomic E-state index is 11.5. The molecule has 6 nitrogen and oxygen atoms in total. The number of carbonyl (C=O) groups excluding carboxylic acids is 2. The third-order valence-corrected chi connectivity index (χ3v) is 5.42. The van der Waals surface area contributed by atoms with Gasteiger partial charge in [0.2, 0.25) is 11.8 Å². The van der Waals surface area contributed by atoms with Gasteiger partial charge in [0.1, 0.15) is 0 Å². The number of aromatic nitrogens is 2. The van der Waals surface area contributed by atoms with Crippen molar-refractivity contribution in [3.8, 4) is 0 Å². The van der Waals surface area contributed by atoms with E-state index in [-0.39, 0.29) is 17.1 Å². The van der Waals surface area contributed by atoms with Crippen molar-refractivity contribution in [2.24, 2.45) is 0 Å². The summed E-state index contributed by atoms with van der Waals surface area (Å²) in [4.78, 5) is 22.9. The van der Waals surface area contributed by atoms with Gasteiger partial charge in [0.05, 0.1) is 11.0 Å². The SMILES string of the molecule is CCCNC(=O)CSc1nnc(S[C@@H](C)C(=O)NC)s1. The number of carbonyl (C=O) groups is 2. The maximum atomic E-state index is 11.5. The highest BCUT2D eigenvalue weighted by atomic mass is 32.2. The molecule has 0 aliphatic rings. The van der Waals surface area contributed by atoms with Crippen molar-refractivity contribution in [3.05, 3.63) is 0 Å². The van der Waals surface area contributed by atoms with Gasteiger partial charge in [-0.05, 0) is 13.3 Å². The fourth-order valence-electron chi connectivity index (χ4n) is 1.15. The first kappa shape index (κ1) is 17.3. The summed E-state index contributed by atoms with van der Waals surface area (Å²) in [6, 6.07) is 0. The zero-order valence-corrected chi connectivity index (χ0v) is 14.1. The van der Waals surface area contributed by atoms with E-state index in [1.54, 1.807) is 7.05 Å². The highest BCUT2D eigenvalue weighted by Crippen LogP contribution is 2.31. The quantitative estimate of drug-likeness (QED) is 0.699. The summed E-state index contributed by atoms with van der Waals surface area (Å²) in [5, 5.41) is 13.2. The van der Waals surface area contributed by atoms with E-state index in [0.717, 1.165) is 15.1 Å². The second kappa shape index (κ2) is 9.19. The molecule has 112 valence electrons. The summed E-state index contributed by atoms with van der Waals surface area (Å²) >= 11 is 4.12. The first-order valence-electron chi connectivity index (χ1n) is 6.18. The van der Waals surface area contributed by atoms with Crippen molar-refractivity contribution in [1.82, 2.24) is 20.8 Å². The normalized spacial score (nSPS) is 11.9. The molecule has 1 aromatic heterocycles. The minimum atomic E-state index is -0.210. The number of amides is 2. The van der Waals surface area contributed by atoms with Gasteiger partial charge >= 0.3 is 0 Å². The van der Waals surface area contributed by atoms with Crippen LogP contribution >= 0.6 is 34.9 Å². The van der Waals surface area contributed by atoms with Crippen molar-refractivity contribution < 1.29 is 9.59 Å². The van der Waals surface area contributed by atoms with Crippen LogP contribution in [0.15, 0.2) is 8.68 Å². The predicted octanol–water partition coefficient (Wildman–Crippen LogP) is 1.38. The Morgan fingerprint density at radius 2 is 2.05 bits per heavy atom. The third-order valence-electron chi connectivity index (χ3n) is 2.18. The van der Waals surface area contributed by atoms with Gasteiger partial charge in [-0.15, -0.1) is 10.2 Å². The fraction of sp³-hybridized carbons (Fsp3) is 0.636. The molecule has 0 aliphatic carbocycles. The molecule has 0 spiro atoms. The number of nitrogens with zero attached hydrogens (tertiary/aromatic N) is 2. The molecule has 1 atom stereocenters. The van der Waals surface area contributed by atoms with Crippen LogP contribution in [0.25, 0.3) is 0 Å². The summed E-state index contributed by atoms with van der Waals surface area (Å²) in [6.07, 6.45) is 0.924. The topological polar surface area (TPSA) is 84.0 Å². The number of thioether (sulfide) groups is 2. The molecule has 0 radical (unpaired) electrons. The van der Waals surface area contributed by atoms with Gasteiger partial charge in [0.15, 0.2) is 8.68 Å². The maximum Gasteiger partial charge on any atom is 0.233 e. The molecule has 1 rings (SSSR count). The van der Waals surface area contributed by atoms with Gasteiger partial charge in [0, 0.05) is 13.6 Å². The molecule has 0 saturated carbocycles. The smallest absolute Gasteiger partial charge is 0.233 e. The highest BCUT2D eigenvalue weighted by Gasteiger charge is 2.16. The first-order valence-corrected chi connectivity index (χ1v) is 8.86. The van der Waals surface area contributed by atoms with Crippen LogP contribution in [-0.4, -0.2) is 46.6 Å². The third kappa shape index (κ3) is 6.10. The van der Waals surface area contributed by atoms with Crippen molar-refractivity contribution in [2.75, 3.05) is 19.3 Å². The Hall–Kier alpha value is -0.800. The van der Waals surface area contributed by atoms with Crippen molar-refractivity contribution >= 4 is 46.7 Å². The Bertz CT molecular complexity index is 453. The van der Waals surface area contributed by atoms with Crippen LogP contribution in [-0.2, 0) is 9.59 Å². The van der Waals surface area contributed by atoms with Crippen LogP contribution in [0, 0.1) is 0 Å². The van der Waals surface area contributed by atoms with Crippen molar-refractivity contribution in [2.45, 2.75) is 34.2 Å². The van der Waals surface area contributed by atoms with E-state index in [4.69, 9.17) is 0 Å². The number of hydrogen-bond donors (Lipinski definition) is 2. The minimum Gasteiger partial charge on any atom is -0.358 e. The minimum absolute atomic E-state index is 0.0000168. The van der Waals surface area contributed by atoms with E-state index in [1.165, 1.54) is 34.9 Å². The van der Waals surface area contributed by atoms with Gasteiger partial charge in [-0.25, -0.2) is 0 Å². The molecule has 9 heteroatoms. The lowest BCUT2D eigenvalue weighted by molar-refractivity contribution is -0.120. The molecule has 2 amide bonds. The molecule has 0 bridgehead atoms. The van der Waals surface area contributed by atoms with Crippen LogP contribution in [0.1, 0.15) is 20.3 Å². The predicted molar refractivity (Wildman–Crippen MR) is 83.3 cm³/mol. The highest BCUT2D eigenvalue weighted by molar-refractivity contribution is 8.04. The molecule has 0 fully saturated rings. The molecule has 0 aromatic carbocycles. The van der Waals surface area contributed by atoms with E-state index >= 15 is 0 Å². The van der Waals surface area contributed by atoms with Gasteiger partial charge in [0.25, 0.3) is 0 Å². The van der Waals surface area contributed by atoms with Crippen LogP contribution < -0.4 is 10.6 Å². The number of nitrogens with one attached hydrogen (secondary N) is 2. The summed E-state index contributed by atoms with van der Waals surface area (Å²) in [5.41, 5.74) is 0. The van der Waals surface area contributed by atoms with Gasteiger partial charge in [-0.2, -0.15) is 0 Å². The van der Waals surface area contributed by atoms with Gasteiger partial charge in [-0.3, -0.25) is 9.59 Å². The average Bonchev–Trinajstić information content (AvgIpc) is 2.89. The summed E-state index contributed by atoms with van der Waals surface area (Å²) in [5.74, 6) is 0.294. The average molecular weight is 334 g/mol. The largest absolute Gasteiger partial charge is 0.358 e. The molecule has 1 heterocycles. The van der Waals surface area contributed by atoms with E-state index < -0.39 is 0 Å². The van der Waals surface area contributed by atoms with Crippen LogP contribution in [0.5, 0.6) is 0 Å². The Labute approximate surface area is 130 Å². The Morgan fingerprint density at radius 3 is 2.70 bits per heavy atom. The molecule has 0 saturated heterocycles. The molecule has 2 N–H and O–H groups in total. The molecule has 0 aliphatic heterocycles. The molecule has 0 unspecified atom stereocenters. The van der Waals surface area contributed by atoms with Crippen molar-refractivity contribution in [3.63, 3.8) is 0 Å². The summed E-state index contributed by atoms with van der Waals surface area (Å²) in [6.45, 7) is 4.52. The first-order chi connectivity index (χ1) is 9.56. The summed E-state index contributed by atoms with van der Waals surface area (Å²) in [7, 11) is 1.61. The molecule has 20 heavy (non-hydrogen) atoms. The zero-order chi connectivity index (χ0) is 15.0. The fourth-order valence-corrected chi connectivity index (χ4v) is 4.21. The number of hydrogen-bond acceptors (Lipinski definition) is 7. The Morgan fingerprint density at radius 1 is 1.35 bits per heavy atom. The summed E-state index contributed by atoms with van der Waals surface area (Å²) < 4.78 is 1.47. The monoisotopic (exact) mass is 334 g/mol. The van der Waals surface area contributed by atoms with E-state index in [0.29, 0.717) is 12.3 Å². The van der Waals surface area contributed by atoms with E-state index in [9.17, 15) is 9.59 Å². The number of rotatable bonds is 8. The van der Waals surface area contributed by atoms with Crippen LogP contribution in [0.4, 0.5) is 0 Å². The van der Waals surface area contributed by atoms with Crippen LogP contribution in [0.2, 0.25) is 0 Å². The van der Waals surface area contributed by atoms with Crippen molar-refractivity contribution in [1.29, 1.82) is 0 Å². The van der Waals surface area contributed by atoms with Crippen LogP contribution in [0.3, 0.4) is 0 Å². The van der Waals surface area contributed by atoms with E-state index in [1.807, 2.05) is 13.8 Å². The standard InChI is InChI=1S/C11H18N4O2S3/c1-4-5-13-8(16)6-18-10-14-15-11(20-10)19-7(2)9(17)12-3/h7H,4-6H2,1-3H3,(H,12,17)(H,13,16)/t7-/m0/s1. The lowest BCUT2D eigenvalue weighted by Gasteiger charge is -2.05. The lowest BCUT2D eigenvalue weighted by atomic mass is 10.4. The second-order valence-electron chi connectivity index (χ2n) is 3.85. The zero-order valence-electron chi connectivity index (χ0n) is 11.6. The Balaban J connectivity index is 2.39. The molecular weight excluding hydrogens is 316 g/mol.